The van der Waals surface area contributed by atoms with Crippen molar-refractivity contribution in [3.63, 3.8) is 0 Å². The fourth-order valence-corrected chi connectivity index (χ4v) is 1.77. The van der Waals surface area contributed by atoms with Crippen molar-refractivity contribution in [2.45, 2.75) is 25.8 Å². The molecule has 0 spiro atoms. The highest BCUT2D eigenvalue weighted by Gasteiger charge is 2.26. The Morgan fingerprint density at radius 3 is 2.75 bits per heavy atom. The highest BCUT2D eigenvalue weighted by Crippen LogP contribution is 2.23. The molecule has 2 rings (SSSR count). The Balaban J connectivity index is 2.03. The number of para-hydroxylation sites is 1. The van der Waals surface area contributed by atoms with Crippen molar-refractivity contribution in [2.24, 2.45) is 0 Å². The van der Waals surface area contributed by atoms with Crippen molar-refractivity contribution >= 4 is 17.6 Å². The lowest BCUT2D eigenvalue weighted by Gasteiger charge is -2.07. The van der Waals surface area contributed by atoms with Crippen LogP contribution in [0.15, 0.2) is 18.2 Å². The van der Waals surface area contributed by atoms with Gasteiger partial charge in [-0.1, -0.05) is 12.1 Å². The van der Waals surface area contributed by atoms with Crippen LogP contribution in [0.4, 0.5) is 5.69 Å². The molecule has 0 atom stereocenters. The van der Waals surface area contributed by atoms with Gasteiger partial charge in [0.25, 0.3) is 11.6 Å². The second-order valence-corrected chi connectivity index (χ2v) is 4.65. The van der Waals surface area contributed by atoms with E-state index in [4.69, 9.17) is 4.74 Å². The molecule has 0 radical (unpaired) electrons. The Morgan fingerprint density at radius 1 is 1.45 bits per heavy atom. The molecule has 0 unspecified atom stereocenters. The van der Waals surface area contributed by atoms with Gasteiger partial charge in [0.2, 0.25) is 0 Å². The number of benzene rings is 1. The van der Waals surface area contributed by atoms with Gasteiger partial charge in [-0.05, 0) is 25.8 Å². The summed E-state index contributed by atoms with van der Waals surface area (Å²) in [6.07, 6.45) is 1.87. The Hall–Kier alpha value is -2.44. The van der Waals surface area contributed by atoms with Gasteiger partial charge < -0.3 is 10.1 Å². The van der Waals surface area contributed by atoms with Gasteiger partial charge >= 0.3 is 5.97 Å². The maximum absolute atomic E-state index is 11.8. The fourth-order valence-electron chi connectivity index (χ4n) is 1.77. The molecule has 1 amide bonds. The first-order valence-corrected chi connectivity index (χ1v) is 6.19. The number of nitrogens with one attached hydrogen (secondary N) is 1. The van der Waals surface area contributed by atoms with Crippen molar-refractivity contribution in [2.75, 3.05) is 6.61 Å². The van der Waals surface area contributed by atoms with Crippen molar-refractivity contribution in [3.05, 3.63) is 39.4 Å². The van der Waals surface area contributed by atoms with Gasteiger partial charge in [0.15, 0.2) is 6.61 Å². The number of amides is 1. The zero-order valence-corrected chi connectivity index (χ0v) is 10.9. The quantitative estimate of drug-likeness (QED) is 0.498. The molecular formula is C13H14N2O5. The molecule has 1 aromatic carbocycles. The van der Waals surface area contributed by atoms with Crippen molar-refractivity contribution in [3.8, 4) is 0 Å². The van der Waals surface area contributed by atoms with E-state index < -0.39 is 23.4 Å². The van der Waals surface area contributed by atoms with Gasteiger partial charge in [-0.2, -0.15) is 0 Å². The molecular weight excluding hydrogens is 264 g/mol. The number of ether oxygens (including phenoxy) is 1. The maximum atomic E-state index is 11.8. The minimum Gasteiger partial charge on any atom is -0.452 e. The van der Waals surface area contributed by atoms with E-state index in [2.05, 4.69) is 5.32 Å². The van der Waals surface area contributed by atoms with Crippen molar-refractivity contribution in [1.29, 1.82) is 0 Å². The Bertz CT molecular complexity index is 566. The Kier molecular flexibility index (Phi) is 3.97. The number of nitro groups is 1. The molecule has 7 nitrogen and oxygen atoms in total. The Labute approximate surface area is 115 Å². The van der Waals surface area contributed by atoms with E-state index in [0.717, 1.165) is 12.8 Å². The number of carbonyl (C=O) groups is 2. The van der Waals surface area contributed by atoms with Gasteiger partial charge in [-0.25, -0.2) is 4.79 Å². The van der Waals surface area contributed by atoms with Crippen LogP contribution in [0.1, 0.15) is 28.8 Å². The molecule has 1 N–H and O–H groups in total. The zero-order chi connectivity index (χ0) is 14.7. The third-order valence-corrected chi connectivity index (χ3v) is 2.92. The molecule has 106 valence electrons. The molecule has 20 heavy (non-hydrogen) atoms. The SMILES string of the molecule is Cc1cccc(C(=O)OCC(=O)NC2CC2)c1[N+](=O)[O-]. The summed E-state index contributed by atoms with van der Waals surface area (Å²) in [6, 6.07) is 4.55. The van der Waals surface area contributed by atoms with E-state index in [9.17, 15) is 19.7 Å². The zero-order valence-electron chi connectivity index (χ0n) is 10.9. The molecule has 0 saturated heterocycles. The molecule has 0 aliphatic heterocycles. The largest absolute Gasteiger partial charge is 0.452 e. The number of carbonyl (C=O) groups excluding carboxylic acids is 2. The standard InChI is InChI=1S/C13H14N2O5/c1-8-3-2-4-10(12(8)15(18)19)13(17)20-7-11(16)14-9-5-6-9/h2-4,9H,5-7H2,1H3,(H,14,16). The van der Waals surface area contributed by atoms with E-state index in [1.807, 2.05) is 0 Å². The van der Waals surface area contributed by atoms with Crippen LogP contribution in [0.2, 0.25) is 0 Å². The average molecular weight is 278 g/mol. The lowest BCUT2D eigenvalue weighted by atomic mass is 10.1. The van der Waals surface area contributed by atoms with Crippen molar-refractivity contribution in [1.82, 2.24) is 5.32 Å². The van der Waals surface area contributed by atoms with E-state index in [0.29, 0.717) is 5.56 Å². The summed E-state index contributed by atoms with van der Waals surface area (Å²) in [6.45, 7) is 1.11. The second kappa shape index (κ2) is 5.68. The van der Waals surface area contributed by atoms with Crippen molar-refractivity contribution < 1.29 is 19.2 Å². The predicted octanol–water partition coefficient (Wildman–Crippen LogP) is 1.34. The normalized spacial score (nSPS) is 13.7. The van der Waals surface area contributed by atoms with Gasteiger partial charge in [0, 0.05) is 11.6 Å². The van der Waals surface area contributed by atoms with Crippen LogP contribution >= 0.6 is 0 Å². The molecule has 0 bridgehead atoms. The minimum atomic E-state index is -0.869. The van der Waals surface area contributed by atoms with Crippen LogP contribution in [-0.4, -0.2) is 29.4 Å². The van der Waals surface area contributed by atoms with Gasteiger partial charge in [-0.15, -0.1) is 0 Å². The molecule has 1 aliphatic rings. The number of esters is 1. The van der Waals surface area contributed by atoms with Crippen LogP contribution in [0.25, 0.3) is 0 Å². The molecule has 1 saturated carbocycles. The topological polar surface area (TPSA) is 98.5 Å². The highest BCUT2D eigenvalue weighted by atomic mass is 16.6. The number of rotatable bonds is 5. The summed E-state index contributed by atoms with van der Waals surface area (Å²) >= 11 is 0. The summed E-state index contributed by atoms with van der Waals surface area (Å²) in [5, 5.41) is 13.6. The van der Waals surface area contributed by atoms with Crippen LogP contribution < -0.4 is 5.32 Å². The second-order valence-electron chi connectivity index (χ2n) is 4.65. The van der Waals surface area contributed by atoms with Gasteiger partial charge in [0.05, 0.1) is 4.92 Å². The summed E-state index contributed by atoms with van der Waals surface area (Å²) in [5.41, 5.74) is -0.0683. The first kappa shape index (κ1) is 14.0. The first-order valence-electron chi connectivity index (χ1n) is 6.19. The highest BCUT2D eigenvalue weighted by molar-refractivity contribution is 5.95. The number of hydrogen-bond donors (Lipinski definition) is 1. The van der Waals surface area contributed by atoms with E-state index in [1.165, 1.54) is 25.1 Å². The average Bonchev–Trinajstić information content (AvgIpc) is 3.19. The molecule has 1 aromatic rings. The summed E-state index contributed by atoms with van der Waals surface area (Å²) < 4.78 is 4.81. The Morgan fingerprint density at radius 2 is 2.15 bits per heavy atom. The smallest absolute Gasteiger partial charge is 0.345 e. The molecule has 0 heterocycles. The maximum Gasteiger partial charge on any atom is 0.345 e. The number of nitro benzene ring substituents is 1. The number of nitrogens with zero attached hydrogens (tertiary/aromatic N) is 1. The molecule has 1 fully saturated rings. The van der Waals surface area contributed by atoms with E-state index in [-0.39, 0.29) is 17.3 Å². The monoisotopic (exact) mass is 278 g/mol. The summed E-state index contributed by atoms with van der Waals surface area (Å²) in [4.78, 5) is 33.5. The first-order chi connectivity index (χ1) is 9.49. The number of aryl methyl sites for hydroxylation is 1. The van der Waals surface area contributed by atoms with E-state index >= 15 is 0 Å². The van der Waals surface area contributed by atoms with Crippen LogP contribution in [-0.2, 0) is 9.53 Å². The predicted molar refractivity (Wildman–Crippen MR) is 69.3 cm³/mol. The molecule has 7 heteroatoms. The summed E-state index contributed by atoms with van der Waals surface area (Å²) in [7, 11) is 0. The third kappa shape index (κ3) is 3.31. The molecule has 1 aliphatic carbocycles. The lowest BCUT2D eigenvalue weighted by molar-refractivity contribution is -0.385. The summed E-state index contributed by atoms with van der Waals surface area (Å²) in [5.74, 6) is -1.26. The van der Waals surface area contributed by atoms with E-state index in [1.54, 1.807) is 0 Å². The molecule has 0 aromatic heterocycles. The van der Waals surface area contributed by atoms with Crippen LogP contribution in [0.3, 0.4) is 0 Å². The van der Waals surface area contributed by atoms with Gasteiger partial charge in [0.1, 0.15) is 5.56 Å². The number of hydrogen-bond acceptors (Lipinski definition) is 5. The minimum absolute atomic E-state index is 0.144. The lowest BCUT2D eigenvalue weighted by Crippen LogP contribution is -2.30. The van der Waals surface area contributed by atoms with Crippen LogP contribution in [0, 0.1) is 17.0 Å². The fraction of sp³-hybridized carbons (Fsp3) is 0.385. The van der Waals surface area contributed by atoms with Crippen LogP contribution in [0.5, 0.6) is 0 Å². The van der Waals surface area contributed by atoms with Gasteiger partial charge in [-0.3, -0.25) is 14.9 Å². The third-order valence-electron chi connectivity index (χ3n) is 2.92.